The van der Waals surface area contributed by atoms with Crippen LogP contribution in [0.3, 0.4) is 0 Å². The summed E-state index contributed by atoms with van der Waals surface area (Å²) >= 11 is 0. The van der Waals surface area contributed by atoms with Gasteiger partial charge in [0.25, 0.3) is 0 Å². The molecule has 2 aromatic heterocycles. The maximum atomic E-state index is 5.57. The van der Waals surface area contributed by atoms with Gasteiger partial charge in [-0.3, -0.25) is 4.68 Å². The molecule has 0 bridgehead atoms. The lowest BCUT2D eigenvalue weighted by Gasteiger charge is -1.97. The van der Waals surface area contributed by atoms with Gasteiger partial charge in [0.05, 0.1) is 0 Å². The number of rotatable bonds is 5. The summed E-state index contributed by atoms with van der Waals surface area (Å²) in [5.74, 6) is 1.69. The van der Waals surface area contributed by atoms with Crippen molar-refractivity contribution in [3.63, 3.8) is 0 Å². The molecule has 6 nitrogen and oxygen atoms in total. The summed E-state index contributed by atoms with van der Waals surface area (Å²) in [7, 11) is 3.70. The second-order valence-corrected chi connectivity index (χ2v) is 3.81. The molecule has 92 valence electrons. The second-order valence-electron chi connectivity index (χ2n) is 3.81. The molecule has 0 radical (unpaired) electrons. The van der Waals surface area contributed by atoms with Crippen LogP contribution in [-0.4, -0.2) is 21.8 Å². The molecule has 0 atom stereocenters. The predicted molar refractivity (Wildman–Crippen MR) is 61.5 cm³/mol. The first-order valence-electron chi connectivity index (χ1n) is 5.40. The largest absolute Gasteiger partial charge is 0.462 e. The molecule has 0 amide bonds. The van der Waals surface area contributed by atoms with Gasteiger partial charge in [-0.25, -0.2) is 0 Å². The molecule has 0 saturated carbocycles. The van der Waals surface area contributed by atoms with E-state index in [2.05, 4.69) is 15.4 Å². The Hall–Kier alpha value is -1.82. The molecule has 0 unspecified atom stereocenters. The van der Waals surface area contributed by atoms with Gasteiger partial charge in [0.1, 0.15) is 24.5 Å². The molecule has 2 heterocycles. The van der Waals surface area contributed by atoms with Crippen molar-refractivity contribution in [1.29, 1.82) is 0 Å². The fourth-order valence-electron chi connectivity index (χ4n) is 1.55. The summed E-state index contributed by atoms with van der Waals surface area (Å²) in [5.41, 5.74) is 1.14. The normalized spacial score (nSPS) is 10.8. The van der Waals surface area contributed by atoms with Crippen LogP contribution in [0.1, 0.15) is 17.1 Å². The van der Waals surface area contributed by atoms with Crippen LogP contribution >= 0.6 is 0 Å². The third kappa shape index (κ3) is 2.85. The fourth-order valence-corrected chi connectivity index (χ4v) is 1.55. The molecule has 0 aliphatic carbocycles. The van der Waals surface area contributed by atoms with Crippen LogP contribution in [0.25, 0.3) is 0 Å². The highest BCUT2D eigenvalue weighted by Crippen LogP contribution is 2.15. The number of aryl methyl sites for hydroxylation is 2. The Morgan fingerprint density at radius 2 is 2.35 bits per heavy atom. The van der Waals surface area contributed by atoms with Crippen LogP contribution < -0.4 is 10.1 Å². The molecule has 6 heteroatoms. The first kappa shape index (κ1) is 11.7. The first-order chi connectivity index (χ1) is 8.19. The lowest BCUT2D eigenvalue weighted by Crippen LogP contribution is -2.04. The summed E-state index contributed by atoms with van der Waals surface area (Å²) in [6.45, 7) is 3.07. The van der Waals surface area contributed by atoms with E-state index in [1.54, 1.807) is 18.1 Å². The van der Waals surface area contributed by atoms with Crippen molar-refractivity contribution < 1.29 is 9.15 Å². The van der Waals surface area contributed by atoms with E-state index in [0.29, 0.717) is 12.6 Å². The highest BCUT2D eigenvalue weighted by Gasteiger charge is 2.08. The molecule has 1 N–H and O–H groups in total. The maximum absolute atomic E-state index is 5.57. The summed E-state index contributed by atoms with van der Waals surface area (Å²) in [5, 5.41) is 7.11. The van der Waals surface area contributed by atoms with Crippen molar-refractivity contribution in [1.82, 2.24) is 20.1 Å². The van der Waals surface area contributed by atoms with Crippen molar-refractivity contribution in [2.45, 2.75) is 20.1 Å². The third-order valence-electron chi connectivity index (χ3n) is 2.36. The minimum absolute atomic E-state index is 0.342. The van der Waals surface area contributed by atoms with Gasteiger partial charge in [0, 0.05) is 19.2 Å². The average molecular weight is 236 g/mol. The van der Waals surface area contributed by atoms with Gasteiger partial charge < -0.3 is 14.5 Å². The number of hydrogen-bond donors (Lipinski definition) is 1. The van der Waals surface area contributed by atoms with E-state index in [0.717, 1.165) is 23.6 Å². The van der Waals surface area contributed by atoms with Crippen molar-refractivity contribution in [2.24, 2.45) is 7.05 Å². The van der Waals surface area contributed by atoms with E-state index in [9.17, 15) is 0 Å². The topological polar surface area (TPSA) is 65.1 Å². The van der Waals surface area contributed by atoms with Gasteiger partial charge in [0.2, 0.25) is 0 Å². The molecule has 2 aromatic rings. The van der Waals surface area contributed by atoms with Crippen LogP contribution in [0.2, 0.25) is 0 Å². The Balaban J connectivity index is 1.97. The Kier molecular flexibility index (Phi) is 3.43. The van der Waals surface area contributed by atoms with Crippen LogP contribution in [-0.2, 0) is 20.2 Å². The Bertz CT molecular complexity index is 489. The van der Waals surface area contributed by atoms with Gasteiger partial charge in [0.15, 0.2) is 0 Å². The molecule has 0 spiro atoms. The molecule has 0 aliphatic heterocycles. The zero-order valence-electron chi connectivity index (χ0n) is 10.2. The second kappa shape index (κ2) is 5.01. The monoisotopic (exact) mass is 236 g/mol. The van der Waals surface area contributed by atoms with Gasteiger partial charge in [-0.05, 0) is 20.0 Å². The minimum atomic E-state index is 0.342. The number of ether oxygens (including phenoxy) is 1. The van der Waals surface area contributed by atoms with Gasteiger partial charge in [-0.1, -0.05) is 0 Å². The zero-order valence-corrected chi connectivity index (χ0v) is 10.2. The van der Waals surface area contributed by atoms with Crippen molar-refractivity contribution in [3.05, 3.63) is 29.5 Å². The van der Waals surface area contributed by atoms with E-state index in [-0.39, 0.29) is 0 Å². The smallest absolute Gasteiger partial charge is 0.335 e. The molecule has 17 heavy (non-hydrogen) atoms. The number of nitrogens with one attached hydrogen (secondary N) is 1. The Labute approximate surface area is 99.6 Å². The summed E-state index contributed by atoms with van der Waals surface area (Å²) in [4.78, 5) is 3.97. The standard InChI is InChI=1S/C11H16N4O2/c1-8-9(5-12-2)4-10(17-8)6-16-11-13-7-15(3)14-11/h4,7,12H,5-6H2,1-3H3. The zero-order chi connectivity index (χ0) is 12.3. The molecule has 0 fully saturated rings. The van der Waals surface area contributed by atoms with E-state index in [4.69, 9.17) is 9.15 Å². The summed E-state index contributed by atoms with van der Waals surface area (Å²) < 4.78 is 12.6. The molecule has 0 aromatic carbocycles. The Morgan fingerprint density at radius 1 is 1.53 bits per heavy atom. The maximum Gasteiger partial charge on any atom is 0.335 e. The van der Waals surface area contributed by atoms with Gasteiger partial charge in [-0.15, -0.1) is 5.10 Å². The van der Waals surface area contributed by atoms with E-state index in [1.165, 1.54) is 0 Å². The Morgan fingerprint density at radius 3 is 3.00 bits per heavy atom. The number of aromatic nitrogens is 3. The highest BCUT2D eigenvalue weighted by atomic mass is 16.5. The van der Waals surface area contributed by atoms with Crippen LogP contribution in [0.4, 0.5) is 0 Å². The predicted octanol–water partition coefficient (Wildman–Crippen LogP) is 1.01. The van der Waals surface area contributed by atoms with Gasteiger partial charge in [-0.2, -0.15) is 4.98 Å². The number of furan rings is 1. The quantitative estimate of drug-likeness (QED) is 0.839. The lowest BCUT2D eigenvalue weighted by atomic mass is 10.2. The van der Waals surface area contributed by atoms with Crippen molar-refractivity contribution in [3.8, 4) is 6.01 Å². The van der Waals surface area contributed by atoms with Gasteiger partial charge >= 0.3 is 6.01 Å². The van der Waals surface area contributed by atoms with E-state index in [1.807, 2.05) is 20.0 Å². The fraction of sp³-hybridized carbons (Fsp3) is 0.455. The van der Waals surface area contributed by atoms with Crippen LogP contribution in [0, 0.1) is 6.92 Å². The van der Waals surface area contributed by atoms with E-state index < -0.39 is 0 Å². The molecule has 2 rings (SSSR count). The SMILES string of the molecule is CNCc1cc(COc2ncn(C)n2)oc1C. The minimum Gasteiger partial charge on any atom is -0.462 e. The van der Waals surface area contributed by atoms with Crippen LogP contribution in [0.15, 0.2) is 16.8 Å². The number of nitrogens with zero attached hydrogens (tertiary/aromatic N) is 3. The molecule has 0 aliphatic rings. The molecular weight excluding hydrogens is 220 g/mol. The number of hydrogen-bond acceptors (Lipinski definition) is 5. The van der Waals surface area contributed by atoms with Crippen LogP contribution in [0.5, 0.6) is 6.01 Å². The summed E-state index contributed by atoms with van der Waals surface area (Å²) in [6.07, 6.45) is 1.59. The lowest BCUT2D eigenvalue weighted by molar-refractivity contribution is 0.247. The molecule has 0 saturated heterocycles. The third-order valence-corrected chi connectivity index (χ3v) is 2.36. The summed E-state index contributed by atoms with van der Waals surface area (Å²) in [6, 6.07) is 2.34. The van der Waals surface area contributed by atoms with Crippen molar-refractivity contribution in [2.75, 3.05) is 7.05 Å². The average Bonchev–Trinajstić information content (AvgIpc) is 2.84. The highest BCUT2D eigenvalue weighted by molar-refractivity contribution is 5.20. The first-order valence-corrected chi connectivity index (χ1v) is 5.40. The van der Waals surface area contributed by atoms with Crippen molar-refractivity contribution >= 4 is 0 Å². The molecular formula is C11H16N4O2. The van der Waals surface area contributed by atoms with E-state index >= 15 is 0 Å².